The number of nitrogens with zero attached hydrogens (tertiary/aromatic N) is 1. The molecule has 1 aliphatic heterocycles. The Morgan fingerprint density at radius 2 is 2.00 bits per heavy atom. The first-order chi connectivity index (χ1) is 7.83. The third-order valence-corrected chi connectivity index (χ3v) is 3.55. The van der Waals surface area contributed by atoms with Crippen molar-refractivity contribution in [1.82, 2.24) is 4.90 Å². The van der Waals surface area contributed by atoms with Gasteiger partial charge in [-0.2, -0.15) is 12.6 Å². The van der Waals surface area contributed by atoms with Gasteiger partial charge in [0.1, 0.15) is 0 Å². The minimum atomic E-state index is 0.496. The molecule has 0 bridgehead atoms. The summed E-state index contributed by atoms with van der Waals surface area (Å²) in [5.74, 6) is 1.03. The van der Waals surface area contributed by atoms with Crippen LogP contribution in [0.15, 0.2) is 0 Å². The lowest BCUT2D eigenvalue weighted by molar-refractivity contribution is -0.00160. The van der Waals surface area contributed by atoms with Crippen LogP contribution in [-0.4, -0.2) is 43.5 Å². The van der Waals surface area contributed by atoms with Crippen molar-refractivity contribution in [3.63, 3.8) is 0 Å². The lowest BCUT2D eigenvalue weighted by atomic mass is 10.1. The van der Waals surface area contributed by atoms with Gasteiger partial charge in [-0.3, -0.25) is 0 Å². The molecule has 1 unspecified atom stereocenters. The first kappa shape index (κ1) is 14.3. The van der Waals surface area contributed by atoms with Crippen LogP contribution in [0.25, 0.3) is 0 Å². The molecule has 1 aliphatic rings. The highest BCUT2D eigenvalue weighted by Gasteiger charge is 2.15. The van der Waals surface area contributed by atoms with Gasteiger partial charge >= 0.3 is 0 Å². The standard InChI is InChI=1S/C13H27NOS/c1-14(9-5-2-3-7-11-16)12-13-8-4-6-10-15-13/h13,16H,2-12H2,1H3. The monoisotopic (exact) mass is 245 g/mol. The number of thiol groups is 1. The van der Waals surface area contributed by atoms with Gasteiger partial charge < -0.3 is 9.64 Å². The quantitative estimate of drug-likeness (QED) is 0.521. The topological polar surface area (TPSA) is 12.5 Å². The lowest BCUT2D eigenvalue weighted by Gasteiger charge is -2.27. The summed E-state index contributed by atoms with van der Waals surface area (Å²) in [6, 6.07) is 0. The summed E-state index contributed by atoms with van der Waals surface area (Å²) in [7, 11) is 2.22. The largest absolute Gasteiger partial charge is 0.377 e. The van der Waals surface area contributed by atoms with E-state index in [0.717, 1.165) is 18.9 Å². The highest BCUT2D eigenvalue weighted by molar-refractivity contribution is 7.80. The number of rotatable bonds is 8. The fourth-order valence-electron chi connectivity index (χ4n) is 2.24. The van der Waals surface area contributed by atoms with E-state index in [9.17, 15) is 0 Å². The Balaban J connectivity index is 1.95. The molecule has 0 saturated carbocycles. The van der Waals surface area contributed by atoms with Crippen molar-refractivity contribution in [3.8, 4) is 0 Å². The zero-order valence-electron chi connectivity index (χ0n) is 10.7. The normalized spacial score (nSPS) is 21.6. The third-order valence-electron chi connectivity index (χ3n) is 3.24. The van der Waals surface area contributed by atoms with Crippen LogP contribution in [0.2, 0.25) is 0 Å². The summed E-state index contributed by atoms with van der Waals surface area (Å²) in [6.07, 6.45) is 9.61. The first-order valence-corrected chi connectivity index (χ1v) is 7.37. The Morgan fingerprint density at radius 1 is 1.19 bits per heavy atom. The number of likely N-dealkylation sites (N-methyl/N-ethyl adjacent to an activating group) is 1. The average molecular weight is 245 g/mol. The van der Waals surface area contributed by atoms with Gasteiger partial charge in [-0.15, -0.1) is 0 Å². The zero-order valence-corrected chi connectivity index (χ0v) is 11.6. The van der Waals surface area contributed by atoms with E-state index in [1.54, 1.807) is 0 Å². The van der Waals surface area contributed by atoms with E-state index in [2.05, 4.69) is 24.6 Å². The maximum atomic E-state index is 5.74. The van der Waals surface area contributed by atoms with Gasteiger partial charge in [0.25, 0.3) is 0 Å². The number of unbranched alkanes of at least 4 members (excludes halogenated alkanes) is 3. The SMILES string of the molecule is CN(CCCCCCS)CC1CCCCO1. The van der Waals surface area contributed by atoms with Gasteiger partial charge in [0.15, 0.2) is 0 Å². The van der Waals surface area contributed by atoms with E-state index in [-0.39, 0.29) is 0 Å². The van der Waals surface area contributed by atoms with E-state index in [1.165, 1.54) is 51.5 Å². The second kappa shape index (κ2) is 9.32. The molecule has 0 aromatic carbocycles. The molecule has 0 aliphatic carbocycles. The molecule has 0 amide bonds. The van der Waals surface area contributed by atoms with E-state index >= 15 is 0 Å². The first-order valence-electron chi connectivity index (χ1n) is 6.74. The molecular formula is C13H27NOS. The summed E-state index contributed by atoms with van der Waals surface area (Å²) in [5, 5.41) is 0. The van der Waals surface area contributed by atoms with Crippen molar-refractivity contribution in [3.05, 3.63) is 0 Å². The molecule has 2 nitrogen and oxygen atoms in total. The van der Waals surface area contributed by atoms with Crippen molar-refractivity contribution in [2.24, 2.45) is 0 Å². The van der Waals surface area contributed by atoms with Crippen molar-refractivity contribution < 1.29 is 4.74 Å². The molecule has 1 atom stereocenters. The fraction of sp³-hybridized carbons (Fsp3) is 1.00. The smallest absolute Gasteiger partial charge is 0.0701 e. The summed E-state index contributed by atoms with van der Waals surface area (Å²) in [6.45, 7) is 3.31. The predicted octanol–water partition coefficient (Wildman–Crippen LogP) is 2.98. The summed E-state index contributed by atoms with van der Waals surface area (Å²) >= 11 is 4.22. The molecule has 16 heavy (non-hydrogen) atoms. The van der Waals surface area contributed by atoms with Crippen LogP contribution < -0.4 is 0 Å². The van der Waals surface area contributed by atoms with Crippen LogP contribution in [0.3, 0.4) is 0 Å². The van der Waals surface area contributed by atoms with E-state index in [4.69, 9.17) is 4.74 Å². The molecule has 0 aromatic heterocycles. The van der Waals surface area contributed by atoms with Crippen LogP contribution in [0.1, 0.15) is 44.9 Å². The van der Waals surface area contributed by atoms with Crippen LogP contribution in [-0.2, 0) is 4.74 Å². The third kappa shape index (κ3) is 6.77. The van der Waals surface area contributed by atoms with Gasteiger partial charge in [-0.25, -0.2) is 0 Å². The van der Waals surface area contributed by atoms with Gasteiger partial charge in [-0.1, -0.05) is 12.8 Å². The number of hydrogen-bond acceptors (Lipinski definition) is 3. The number of hydrogen-bond donors (Lipinski definition) is 1. The van der Waals surface area contributed by atoms with Gasteiger partial charge in [0.2, 0.25) is 0 Å². The summed E-state index contributed by atoms with van der Waals surface area (Å²) in [5.41, 5.74) is 0. The van der Waals surface area contributed by atoms with Gasteiger partial charge in [0.05, 0.1) is 6.10 Å². The molecular weight excluding hydrogens is 218 g/mol. The Labute approximate surface area is 106 Å². The van der Waals surface area contributed by atoms with Crippen LogP contribution in [0, 0.1) is 0 Å². The maximum Gasteiger partial charge on any atom is 0.0701 e. The molecule has 1 heterocycles. The Morgan fingerprint density at radius 3 is 2.69 bits per heavy atom. The van der Waals surface area contributed by atoms with Crippen molar-refractivity contribution in [1.29, 1.82) is 0 Å². The molecule has 0 aromatic rings. The minimum absolute atomic E-state index is 0.496. The van der Waals surface area contributed by atoms with Crippen LogP contribution >= 0.6 is 12.6 Å². The van der Waals surface area contributed by atoms with Gasteiger partial charge in [0, 0.05) is 13.2 Å². The molecule has 0 radical (unpaired) electrons. The summed E-state index contributed by atoms with van der Waals surface area (Å²) in [4.78, 5) is 2.43. The Kier molecular flexibility index (Phi) is 8.34. The molecule has 0 spiro atoms. The van der Waals surface area contributed by atoms with E-state index in [0.29, 0.717) is 6.10 Å². The lowest BCUT2D eigenvalue weighted by Crippen LogP contribution is -2.33. The number of ether oxygens (including phenoxy) is 1. The maximum absolute atomic E-state index is 5.74. The van der Waals surface area contributed by atoms with Crippen LogP contribution in [0.5, 0.6) is 0 Å². The molecule has 1 fully saturated rings. The van der Waals surface area contributed by atoms with Crippen LogP contribution in [0.4, 0.5) is 0 Å². The fourth-order valence-corrected chi connectivity index (χ4v) is 2.46. The molecule has 3 heteroatoms. The summed E-state index contributed by atoms with van der Waals surface area (Å²) < 4.78 is 5.74. The molecule has 0 N–H and O–H groups in total. The van der Waals surface area contributed by atoms with E-state index < -0.39 is 0 Å². The zero-order chi connectivity index (χ0) is 11.6. The Bertz CT molecular complexity index is 160. The van der Waals surface area contributed by atoms with Gasteiger partial charge in [-0.05, 0) is 51.4 Å². The minimum Gasteiger partial charge on any atom is -0.377 e. The highest BCUT2D eigenvalue weighted by Crippen LogP contribution is 2.13. The highest BCUT2D eigenvalue weighted by atomic mass is 32.1. The molecule has 1 rings (SSSR count). The average Bonchev–Trinajstić information content (AvgIpc) is 2.30. The molecule has 96 valence electrons. The predicted molar refractivity (Wildman–Crippen MR) is 73.4 cm³/mol. The van der Waals surface area contributed by atoms with Crippen molar-refractivity contribution >= 4 is 12.6 Å². The Hall–Kier alpha value is 0.270. The van der Waals surface area contributed by atoms with Crippen molar-refractivity contribution in [2.75, 3.05) is 32.5 Å². The second-order valence-electron chi connectivity index (χ2n) is 4.89. The van der Waals surface area contributed by atoms with Crippen molar-refractivity contribution in [2.45, 2.75) is 51.0 Å². The van der Waals surface area contributed by atoms with E-state index in [1.807, 2.05) is 0 Å². The second-order valence-corrected chi connectivity index (χ2v) is 5.34. The molecule has 1 saturated heterocycles.